The monoisotopic (exact) mass is 337 g/mol. The number of fused-ring (bicyclic) bond motifs is 1. The van der Waals surface area contributed by atoms with Crippen molar-refractivity contribution >= 4 is 23.3 Å². The van der Waals surface area contributed by atoms with Gasteiger partial charge in [-0.2, -0.15) is 0 Å². The SMILES string of the molecule is CCOC(=O)CN1C(=O)[C@@H](N)N=C(c2ccccc2)c2ccccc21. The molecule has 2 aromatic carbocycles. The quantitative estimate of drug-likeness (QED) is 0.861. The van der Waals surface area contributed by atoms with E-state index in [1.165, 1.54) is 4.90 Å². The zero-order valence-electron chi connectivity index (χ0n) is 13.9. The molecule has 2 N–H and O–H groups in total. The van der Waals surface area contributed by atoms with Gasteiger partial charge in [0.2, 0.25) is 0 Å². The van der Waals surface area contributed by atoms with Crippen molar-refractivity contribution in [3.63, 3.8) is 0 Å². The number of esters is 1. The Hall–Kier alpha value is -2.99. The molecular formula is C19H19N3O3. The summed E-state index contributed by atoms with van der Waals surface area (Å²) >= 11 is 0. The number of hydrogen-bond donors (Lipinski definition) is 1. The van der Waals surface area contributed by atoms with Crippen molar-refractivity contribution < 1.29 is 14.3 Å². The number of carbonyl (C=O) groups excluding carboxylic acids is 2. The maximum absolute atomic E-state index is 12.7. The summed E-state index contributed by atoms with van der Waals surface area (Å²) in [5.74, 6) is -0.924. The fourth-order valence-electron chi connectivity index (χ4n) is 2.78. The summed E-state index contributed by atoms with van der Waals surface area (Å²) in [6, 6.07) is 16.8. The second-order valence-corrected chi connectivity index (χ2v) is 5.54. The Labute approximate surface area is 145 Å². The Morgan fingerprint density at radius 1 is 1.16 bits per heavy atom. The third-order valence-electron chi connectivity index (χ3n) is 3.88. The van der Waals surface area contributed by atoms with Gasteiger partial charge in [0, 0.05) is 11.1 Å². The lowest BCUT2D eigenvalue weighted by Gasteiger charge is -2.23. The highest BCUT2D eigenvalue weighted by Gasteiger charge is 2.31. The van der Waals surface area contributed by atoms with Gasteiger partial charge in [0.25, 0.3) is 5.91 Å². The number of nitrogens with zero attached hydrogens (tertiary/aromatic N) is 2. The molecule has 0 saturated heterocycles. The Balaban J connectivity index is 2.10. The Morgan fingerprint density at radius 2 is 1.84 bits per heavy atom. The molecule has 6 heteroatoms. The van der Waals surface area contributed by atoms with Gasteiger partial charge in [-0.3, -0.25) is 19.5 Å². The maximum atomic E-state index is 12.7. The van der Waals surface area contributed by atoms with Crippen LogP contribution in [0.4, 0.5) is 5.69 Å². The highest BCUT2D eigenvalue weighted by Crippen LogP contribution is 2.27. The van der Waals surface area contributed by atoms with Gasteiger partial charge in [-0.05, 0) is 13.0 Å². The molecule has 1 aliphatic heterocycles. The fraction of sp³-hybridized carbons (Fsp3) is 0.211. The van der Waals surface area contributed by atoms with Gasteiger partial charge in [0.05, 0.1) is 18.0 Å². The van der Waals surface area contributed by atoms with Crippen molar-refractivity contribution in [1.82, 2.24) is 0 Å². The molecule has 1 amide bonds. The molecule has 1 atom stereocenters. The van der Waals surface area contributed by atoms with Crippen LogP contribution in [-0.2, 0) is 14.3 Å². The van der Waals surface area contributed by atoms with Gasteiger partial charge in [-0.1, -0.05) is 48.5 Å². The van der Waals surface area contributed by atoms with Gasteiger partial charge in [-0.25, -0.2) is 0 Å². The molecule has 128 valence electrons. The zero-order chi connectivity index (χ0) is 17.8. The van der Waals surface area contributed by atoms with E-state index in [2.05, 4.69) is 4.99 Å². The van der Waals surface area contributed by atoms with Crippen LogP contribution in [-0.4, -0.2) is 36.9 Å². The van der Waals surface area contributed by atoms with E-state index < -0.39 is 18.0 Å². The number of hydrogen-bond acceptors (Lipinski definition) is 5. The lowest BCUT2D eigenvalue weighted by molar-refractivity contribution is -0.142. The minimum absolute atomic E-state index is 0.199. The first kappa shape index (κ1) is 16.9. The molecule has 0 spiro atoms. The first-order chi connectivity index (χ1) is 12.1. The second-order valence-electron chi connectivity index (χ2n) is 5.54. The number of rotatable bonds is 4. The van der Waals surface area contributed by atoms with Gasteiger partial charge in [0.15, 0.2) is 6.17 Å². The zero-order valence-corrected chi connectivity index (χ0v) is 13.9. The van der Waals surface area contributed by atoms with Crippen LogP contribution < -0.4 is 10.6 Å². The lowest BCUT2D eigenvalue weighted by Crippen LogP contribution is -2.45. The fourth-order valence-corrected chi connectivity index (χ4v) is 2.78. The van der Waals surface area contributed by atoms with Crippen molar-refractivity contribution in [1.29, 1.82) is 0 Å². The van der Waals surface area contributed by atoms with Crippen LogP contribution in [0, 0.1) is 0 Å². The third-order valence-corrected chi connectivity index (χ3v) is 3.88. The predicted octanol–water partition coefficient (Wildman–Crippen LogP) is 1.72. The number of ether oxygens (including phenoxy) is 1. The summed E-state index contributed by atoms with van der Waals surface area (Å²) in [7, 11) is 0. The summed E-state index contributed by atoms with van der Waals surface area (Å²) in [4.78, 5) is 30.4. The van der Waals surface area contributed by atoms with E-state index in [1.54, 1.807) is 13.0 Å². The predicted molar refractivity (Wildman–Crippen MR) is 95.5 cm³/mol. The van der Waals surface area contributed by atoms with Crippen LogP contribution in [0.3, 0.4) is 0 Å². The summed E-state index contributed by atoms with van der Waals surface area (Å²) in [6.45, 7) is 1.77. The van der Waals surface area contributed by atoms with E-state index in [9.17, 15) is 9.59 Å². The van der Waals surface area contributed by atoms with Gasteiger partial charge >= 0.3 is 5.97 Å². The molecule has 25 heavy (non-hydrogen) atoms. The molecule has 2 aromatic rings. The Kier molecular flexibility index (Phi) is 4.90. The van der Waals surface area contributed by atoms with E-state index in [4.69, 9.17) is 10.5 Å². The molecule has 0 aromatic heterocycles. The van der Waals surface area contributed by atoms with Gasteiger partial charge < -0.3 is 10.5 Å². The molecule has 0 bridgehead atoms. The molecule has 0 radical (unpaired) electrons. The lowest BCUT2D eigenvalue weighted by atomic mass is 10.0. The normalized spacial score (nSPS) is 16.7. The number of amides is 1. The number of carbonyl (C=O) groups is 2. The smallest absolute Gasteiger partial charge is 0.326 e. The molecular weight excluding hydrogens is 318 g/mol. The van der Waals surface area contributed by atoms with Crippen LogP contribution in [0.1, 0.15) is 18.1 Å². The van der Waals surface area contributed by atoms with Crippen molar-refractivity contribution in [2.45, 2.75) is 13.1 Å². The summed E-state index contributed by atoms with van der Waals surface area (Å²) < 4.78 is 4.98. The average molecular weight is 337 g/mol. The molecule has 1 aliphatic rings. The van der Waals surface area contributed by atoms with Gasteiger partial charge in [0.1, 0.15) is 6.54 Å². The number of nitrogens with two attached hydrogens (primary N) is 1. The van der Waals surface area contributed by atoms with Gasteiger partial charge in [-0.15, -0.1) is 0 Å². The molecule has 1 heterocycles. The molecule has 3 rings (SSSR count). The van der Waals surface area contributed by atoms with E-state index in [0.717, 1.165) is 11.1 Å². The number of benzene rings is 2. The van der Waals surface area contributed by atoms with E-state index in [-0.39, 0.29) is 13.2 Å². The van der Waals surface area contributed by atoms with Crippen LogP contribution in [0.5, 0.6) is 0 Å². The highest BCUT2D eigenvalue weighted by molar-refractivity contribution is 6.20. The average Bonchev–Trinajstić information content (AvgIpc) is 2.73. The van der Waals surface area contributed by atoms with Crippen molar-refractivity contribution in [3.8, 4) is 0 Å². The molecule has 0 unspecified atom stereocenters. The summed E-state index contributed by atoms with van der Waals surface area (Å²) in [6.07, 6.45) is -1.09. The third kappa shape index (κ3) is 3.44. The Bertz CT molecular complexity index is 818. The molecule has 0 saturated carbocycles. The maximum Gasteiger partial charge on any atom is 0.326 e. The van der Waals surface area contributed by atoms with Crippen LogP contribution in [0.25, 0.3) is 0 Å². The van der Waals surface area contributed by atoms with Crippen molar-refractivity contribution in [2.24, 2.45) is 10.7 Å². The van der Waals surface area contributed by atoms with Crippen LogP contribution in [0.15, 0.2) is 59.6 Å². The minimum atomic E-state index is -1.09. The Morgan fingerprint density at radius 3 is 2.56 bits per heavy atom. The minimum Gasteiger partial charge on any atom is -0.465 e. The highest BCUT2D eigenvalue weighted by atomic mass is 16.5. The number of para-hydroxylation sites is 1. The molecule has 0 aliphatic carbocycles. The molecule has 6 nitrogen and oxygen atoms in total. The summed E-state index contributed by atoms with van der Waals surface area (Å²) in [5.41, 5.74) is 8.82. The first-order valence-corrected chi connectivity index (χ1v) is 8.07. The van der Waals surface area contributed by atoms with E-state index in [1.807, 2.05) is 48.5 Å². The standard InChI is InChI=1S/C19H19N3O3/c1-2-25-16(23)12-22-15-11-7-6-10-14(15)17(21-18(20)19(22)24)13-8-4-3-5-9-13/h3-11,18H,2,12,20H2,1H3/t18-/m0/s1. The van der Waals surface area contributed by atoms with Crippen LogP contribution in [0.2, 0.25) is 0 Å². The largest absolute Gasteiger partial charge is 0.465 e. The topological polar surface area (TPSA) is 85.0 Å². The van der Waals surface area contributed by atoms with Crippen molar-refractivity contribution in [2.75, 3.05) is 18.1 Å². The molecule has 0 fully saturated rings. The number of benzodiazepines with no additional fused rings is 1. The van der Waals surface area contributed by atoms with E-state index >= 15 is 0 Å². The number of anilines is 1. The van der Waals surface area contributed by atoms with Crippen molar-refractivity contribution in [3.05, 3.63) is 65.7 Å². The summed E-state index contributed by atoms with van der Waals surface area (Å²) in [5, 5.41) is 0. The number of aliphatic imine (C=N–C) groups is 1. The second kappa shape index (κ2) is 7.27. The first-order valence-electron chi connectivity index (χ1n) is 8.07. The van der Waals surface area contributed by atoms with E-state index in [0.29, 0.717) is 11.4 Å². The van der Waals surface area contributed by atoms with Crippen LogP contribution >= 0.6 is 0 Å².